The van der Waals surface area contributed by atoms with Crippen LogP contribution in [-0.4, -0.2) is 59.2 Å². The third-order valence-electron chi connectivity index (χ3n) is 5.54. The van der Waals surface area contributed by atoms with Crippen molar-refractivity contribution in [2.24, 2.45) is 0 Å². The number of nitrogens with zero attached hydrogens (tertiary/aromatic N) is 3. The molecule has 1 aromatic heterocycles. The molecule has 1 saturated heterocycles. The molecule has 8 nitrogen and oxygen atoms in total. The summed E-state index contributed by atoms with van der Waals surface area (Å²) in [5, 5.41) is 20.6. The number of hydrogen-bond donors (Lipinski definition) is 2. The van der Waals surface area contributed by atoms with E-state index in [1.54, 1.807) is 12.0 Å². The smallest absolute Gasteiger partial charge is 0.434 e. The number of hydrogen-bond acceptors (Lipinski definition) is 6. The summed E-state index contributed by atoms with van der Waals surface area (Å²) in [6.45, 7) is 2.32. The van der Waals surface area contributed by atoms with E-state index in [0.29, 0.717) is 50.1 Å². The molecule has 2 aromatic rings. The predicted molar refractivity (Wildman–Crippen MR) is 103 cm³/mol. The van der Waals surface area contributed by atoms with Crippen molar-refractivity contribution in [2.75, 3.05) is 38.2 Å². The van der Waals surface area contributed by atoms with E-state index >= 15 is 0 Å². The van der Waals surface area contributed by atoms with Gasteiger partial charge < -0.3 is 29.6 Å². The summed E-state index contributed by atoms with van der Waals surface area (Å²) in [4.78, 5) is 21.6. The van der Waals surface area contributed by atoms with Crippen molar-refractivity contribution in [3.8, 4) is 17.5 Å². The van der Waals surface area contributed by atoms with E-state index in [1.807, 2.05) is 24.3 Å². The van der Waals surface area contributed by atoms with Crippen LogP contribution in [0.15, 0.2) is 24.3 Å². The van der Waals surface area contributed by atoms with Crippen molar-refractivity contribution in [2.45, 2.75) is 25.7 Å². The van der Waals surface area contributed by atoms with Crippen LogP contribution in [0, 0.1) is 0 Å². The number of rotatable bonds is 3. The zero-order chi connectivity index (χ0) is 19.7. The van der Waals surface area contributed by atoms with Gasteiger partial charge in [0.1, 0.15) is 5.75 Å². The molecule has 1 amide bonds. The maximum Gasteiger partial charge on any atom is 0.434 e. The van der Waals surface area contributed by atoms with E-state index < -0.39 is 6.09 Å². The largest absolute Gasteiger partial charge is 0.497 e. The standard InChI is InChI=1S/C20H25N3O5/c1-27-15-8-6-14(7-9-15)21-10-12-22(13-11-21)20(26)28-23-18(24)16-4-2-3-5-17(16)19(23)25/h6-9,24-25H,2-5,10-13H2,1H3. The van der Waals surface area contributed by atoms with Crippen LogP contribution in [0.4, 0.5) is 10.5 Å². The second-order valence-corrected chi connectivity index (χ2v) is 7.14. The first-order chi connectivity index (χ1) is 13.6. The molecule has 1 aliphatic carbocycles. The molecule has 0 radical (unpaired) electrons. The summed E-state index contributed by atoms with van der Waals surface area (Å²) < 4.78 is 6.05. The second-order valence-electron chi connectivity index (χ2n) is 7.14. The molecule has 0 bridgehead atoms. The van der Waals surface area contributed by atoms with Gasteiger partial charge in [0.15, 0.2) is 0 Å². The molecule has 1 aromatic carbocycles. The van der Waals surface area contributed by atoms with E-state index in [4.69, 9.17) is 9.57 Å². The summed E-state index contributed by atoms with van der Waals surface area (Å²) in [5.41, 5.74) is 2.43. The third kappa shape index (κ3) is 3.30. The highest BCUT2D eigenvalue weighted by Gasteiger charge is 2.29. The van der Waals surface area contributed by atoms with E-state index in [-0.39, 0.29) is 11.8 Å². The summed E-state index contributed by atoms with van der Waals surface area (Å²) in [7, 11) is 1.64. The first-order valence-corrected chi connectivity index (χ1v) is 9.59. The first-order valence-electron chi connectivity index (χ1n) is 9.59. The van der Waals surface area contributed by atoms with Crippen LogP contribution in [0.25, 0.3) is 0 Å². The highest BCUT2D eigenvalue weighted by atomic mass is 16.7. The minimum Gasteiger partial charge on any atom is -0.497 e. The maximum absolute atomic E-state index is 12.5. The molecule has 2 heterocycles. The van der Waals surface area contributed by atoms with E-state index in [9.17, 15) is 15.0 Å². The number of carbonyl (C=O) groups is 1. The van der Waals surface area contributed by atoms with Crippen LogP contribution in [0.3, 0.4) is 0 Å². The minimum absolute atomic E-state index is 0.169. The summed E-state index contributed by atoms with van der Waals surface area (Å²) >= 11 is 0. The van der Waals surface area contributed by atoms with E-state index in [2.05, 4.69) is 4.90 Å². The number of amides is 1. The van der Waals surface area contributed by atoms with Gasteiger partial charge in [0, 0.05) is 43.0 Å². The van der Waals surface area contributed by atoms with Crippen LogP contribution >= 0.6 is 0 Å². The number of fused-ring (bicyclic) bond motifs is 1. The molecular formula is C20H25N3O5. The molecule has 1 fully saturated rings. The highest BCUT2D eigenvalue weighted by Crippen LogP contribution is 2.37. The average molecular weight is 387 g/mol. The summed E-state index contributed by atoms with van der Waals surface area (Å²) in [5.74, 6) is 0.467. The van der Waals surface area contributed by atoms with Crippen molar-refractivity contribution in [1.29, 1.82) is 0 Å². The molecule has 150 valence electrons. The fourth-order valence-corrected chi connectivity index (χ4v) is 3.91. The van der Waals surface area contributed by atoms with Crippen molar-refractivity contribution >= 4 is 11.8 Å². The molecule has 28 heavy (non-hydrogen) atoms. The van der Waals surface area contributed by atoms with E-state index in [0.717, 1.165) is 29.0 Å². The Morgan fingerprint density at radius 1 is 0.929 bits per heavy atom. The number of benzene rings is 1. The number of carbonyl (C=O) groups excluding carboxylic acids is 1. The van der Waals surface area contributed by atoms with Gasteiger partial charge >= 0.3 is 6.09 Å². The predicted octanol–water partition coefficient (Wildman–Crippen LogP) is 2.16. The van der Waals surface area contributed by atoms with Crippen molar-refractivity contribution in [3.63, 3.8) is 0 Å². The molecule has 2 N–H and O–H groups in total. The Hall–Kier alpha value is -3.03. The Morgan fingerprint density at radius 2 is 1.50 bits per heavy atom. The molecular weight excluding hydrogens is 362 g/mol. The fourth-order valence-electron chi connectivity index (χ4n) is 3.91. The summed E-state index contributed by atoms with van der Waals surface area (Å²) in [6, 6.07) is 7.81. The van der Waals surface area contributed by atoms with Gasteiger partial charge in [0.05, 0.1) is 7.11 Å². The topological polar surface area (TPSA) is 87.4 Å². The van der Waals surface area contributed by atoms with E-state index in [1.165, 1.54) is 0 Å². The zero-order valence-corrected chi connectivity index (χ0v) is 15.9. The van der Waals surface area contributed by atoms with Gasteiger partial charge in [-0.2, -0.15) is 0 Å². The van der Waals surface area contributed by atoms with Crippen molar-refractivity contribution in [1.82, 2.24) is 9.63 Å². The molecule has 0 spiro atoms. The highest BCUT2D eigenvalue weighted by molar-refractivity contribution is 5.69. The lowest BCUT2D eigenvalue weighted by Gasteiger charge is -2.35. The van der Waals surface area contributed by atoms with Gasteiger partial charge in [0.25, 0.3) is 0 Å². The number of piperazine rings is 1. The van der Waals surface area contributed by atoms with Crippen LogP contribution in [0.2, 0.25) is 0 Å². The molecule has 1 aliphatic heterocycles. The number of ether oxygens (including phenoxy) is 1. The van der Waals surface area contributed by atoms with Crippen LogP contribution in [-0.2, 0) is 12.8 Å². The lowest BCUT2D eigenvalue weighted by atomic mass is 9.95. The number of methoxy groups -OCH3 is 1. The molecule has 8 heteroatoms. The van der Waals surface area contributed by atoms with Crippen LogP contribution in [0.5, 0.6) is 17.5 Å². The SMILES string of the molecule is COc1ccc(N2CCN(C(=O)On3c(O)c4c(c3O)CCCC4)CC2)cc1. The third-order valence-corrected chi connectivity index (χ3v) is 5.54. The maximum atomic E-state index is 12.5. The van der Waals surface area contributed by atoms with Gasteiger partial charge in [-0.3, -0.25) is 0 Å². The molecule has 0 atom stereocenters. The minimum atomic E-state index is -0.577. The first kappa shape index (κ1) is 18.3. The van der Waals surface area contributed by atoms with Crippen LogP contribution < -0.4 is 14.5 Å². The average Bonchev–Trinajstić information content (AvgIpc) is 2.99. The molecule has 2 aliphatic rings. The number of aromatic hydroxyl groups is 2. The van der Waals surface area contributed by atoms with Crippen molar-refractivity contribution < 1.29 is 24.6 Å². The lowest BCUT2D eigenvalue weighted by Crippen LogP contribution is -2.50. The van der Waals surface area contributed by atoms with Gasteiger partial charge in [-0.05, 0) is 49.9 Å². The quantitative estimate of drug-likeness (QED) is 0.839. The Labute approximate surface area is 163 Å². The monoisotopic (exact) mass is 387 g/mol. The fraction of sp³-hybridized carbons (Fsp3) is 0.450. The van der Waals surface area contributed by atoms with Gasteiger partial charge in [-0.15, -0.1) is 4.73 Å². The molecule has 0 saturated carbocycles. The Balaban J connectivity index is 1.39. The molecule has 0 unspecified atom stereocenters. The second kappa shape index (κ2) is 7.53. The number of anilines is 1. The summed E-state index contributed by atoms with van der Waals surface area (Å²) in [6.07, 6.45) is 2.68. The van der Waals surface area contributed by atoms with Gasteiger partial charge in [-0.1, -0.05) is 0 Å². The zero-order valence-electron chi connectivity index (χ0n) is 15.9. The van der Waals surface area contributed by atoms with Gasteiger partial charge in [0.2, 0.25) is 11.8 Å². The number of aromatic nitrogens is 1. The Bertz CT molecular complexity index is 824. The normalized spacial score (nSPS) is 16.6. The lowest BCUT2D eigenvalue weighted by molar-refractivity contribution is 0.0726. The Morgan fingerprint density at radius 3 is 2.04 bits per heavy atom. The van der Waals surface area contributed by atoms with Crippen LogP contribution in [0.1, 0.15) is 24.0 Å². The van der Waals surface area contributed by atoms with Gasteiger partial charge in [-0.25, -0.2) is 4.79 Å². The Kier molecular flexibility index (Phi) is 4.93. The molecule has 4 rings (SSSR count). The van der Waals surface area contributed by atoms with Crippen molar-refractivity contribution in [3.05, 3.63) is 35.4 Å².